The summed E-state index contributed by atoms with van der Waals surface area (Å²) in [5, 5.41) is 11.8. The second-order valence-corrected chi connectivity index (χ2v) is 3.08. The topological polar surface area (TPSA) is 58.6 Å². The summed E-state index contributed by atoms with van der Waals surface area (Å²) >= 11 is 0. The Morgan fingerprint density at radius 2 is 2.23 bits per heavy atom. The molecule has 0 spiro atoms. The molecule has 2 N–H and O–H groups in total. The first kappa shape index (κ1) is 12.4. The van der Waals surface area contributed by atoms with Crippen LogP contribution >= 0.6 is 0 Å². The van der Waals surface area contributed by atoms with Crippen molar-refractivity contribution >= 4 is 5.91 Å². The Labute approximate surface area is 79.3 Å². The largest absolute Gasteiger partial charge is 0.390 e. The number of hydrogen-bond acceptors (Lipinski definition) is 3. The zero-order valence-corrected chi connectivity index (χ0v) is 8.54. The van der Waals surface area contributed by atoms with Crippen LogP contribution < -0.4 is 5.32 Å². The number of amides is 1. The van der Waals surface area contributed by atoms with Crippen LogP contribution in [0.1, 0.15) is 26.7 Å². The second-order valence-electron chi connectivity index (χ2n) is 3.08. The fourth-order valence-corrected chi connectivity index (χ4v) is 0.768. The smallest absolute Gasteiger partial charge is 0.222 e. The highest BCUT2D eigenvalue weighted by Gasteiger charge is 2.10. The quantitative estimate of drug-likeness (QED) is 0.631. The molecule has 4 heteroatoms. The molecule has 1 amide bonds. The summed E-state index contributed by atoms with van der Waals surface area (Å²) in [7, 11) is 1.55. The van der Waals surface area contributed by atoms with Gasteiger partial charge in [-0.1, -0.05) is 6.92 Å². The maximum absolute atomic E-state index is 10.8. The van der Waals surface area contributed by atoms with E-state index in [2.05, 4.69) is 5.32 Å². The van der Waals surface area contributed by atoms with Crippen molar-refractivity contribution in [3.05, 3.63) is 0 Å². The summed E-state index contributed by atoms with van der Waals surface area (Å²) < 4.78 is 5.27. The highest BCUT2D eigenvalue weighted by Crippen LogP contribution is 1.99. The van der Waals surface area contributed by atoms with Crippen molar-refractivity contribution in [1.29, 1.82) is 0 Å². The summed E-state index contributed by atoms with van der Waals surface area (Å²) in [4.78, 5) is 10.8. The number of hydrogen-bond donors (Lipinski definition) is 2. The molecule has 0 heterocycles. The fourth-order valence-electron chi connectivity index (χ4n) is 0.768. The van der Waals surface area contributed by atoms with E-state index in [1.54, 1.807) is 7.05 Å². The Kier molecular flexibility index (Phi) is 6.54. The third-order valence-electron chi connectivity index (χ3n) is 1.85. The van der Waals surface area contributed by atoms with Crippen molar-refractivity contribution in [2.75, 3.05) is 13.7 Å². The van der Waals surface area contributed by atoms with Crippen molar-refractivity contribution in [1.82, 2.24) is 5.32 Å². The lowest BCUT2D eigenvalue weighted by Gasteiger charge is -2.14. The van der Waals surface area contributed by atoms with Crippen LogP contribution in [-0.4, -0.2) is 36.9 Å². The molecular weight excluding hydrogens is 170 g/mol. The molecule has 0 saturated carbocycles. The van der Waals surface area contributed by atoms with Gasteiger partial charge in [-0.05, 0) is 13.3 Å². The predicted octanol–water partition coefficient (Wildman–Crippen LogP) is 0.298. The molecule has 13 heavy (non-hydrogen) atoms. The third kappa shape index (κ3) is 6.54. The molecule has 0 bridgehead atoms. The Morgan fingerprint density at radius 3 is 2.69 bits per heavy atom. The van der Waals surface area contributed by atoms with Gasteiger partial charge in [0.05, 0.1) is 25.2 Å². The Hall–Kier alpha value is -0.610. The average molecular weight is 189 g/mol. The molecule has 0 saturated heterocycles. The van der Waals surface area contributed by atoms with Gasteiger partial charge in [0, 0.05) is 7.05 Å². The van der Waals surface area contributed by atoms with Gasteiger partial charge >= 0.3 is 0 Å². The maximum Gasteiger partial charge on any atom is 0.222 e. The molecule has 78 valence electrons. The van der Waals surface area contributed by atoms with Crippen LogP contribution in [0.5, 0.6) is 0 Å². The minimum absolute atomic E-state index is 0.104. The summed E-state index contributed by atoms with van der Waals surface area (Å²) in [6.45, 7) is 4.17. The van der Waals surface area contributed by atoms with Crippen LogP contribution in [-0.2, 0) is 9.53 Å². The molecule has 0 fully saturated rings. The monoisotopic (exact) mass is 189 g/mol. The van der Waals surface area contributed by atoms with Gasteiger partial charge in [-0.25, -0.2) is 0 Å². The van der Waals surface area contributed by atoms with Crippen LogP contribution in [0, 0.1) is 0 Å². The molecule has 0 aromatic rings. The minimum atomic E-state index is -0.700. The molecule has 4 nitrogen and oxygen atoms in total. The lowest BCUT2D eigenvalue weighted by atomic mass is 10.2. The van der Waals surface area contributed by atoms with Gasteiger partial charge in [0.25, 0.3) is 0 Å². The van der Waals surface area contributed by atoms with E-state index in [4.69, 9.17) is 4.74 Å². The van der Waals surface area contributed by atoms with Gasteiger partial charge in [0.2, 0.25) is 5.91 Å². The summed E-state index contributed by atoms with van der Waals surface area (Å²) in [5.41, 5.74) is 0. The van der Waals surface area contributed by atoms with Gasteiger partial charge < -0.3 is 15.2 Å². The highest BCUT2D eigenvalue weighted by molar-refractivity contribution is 5.75. The minimum Gasteiger partial charge on any atom is -0.390 e. The summed E-state index contributed by atoms with van der Waals surface area (Å²) in [6.07, 6.45) is 0.452. The average Bonchev–Trinajstić information content (AvgIpc) is 2.13. The Balaban J connectivity index is 3.50. The van der Waals surface area contributed by atoms with Gasteiger partial charge in [-0.3, -0.25) is 4.79 Å². The predicted molar refractivity (Wildman–Crippen MR) is 50.4 cm³/mol. The van der Waals surface area contributed by atoms with E-state index in [9.17, 15) is 9.90 Å². The standard InChI is InChI=1S/C9H19NO3/c1-4-7(2)13-6-8(11)5-9(12)10-3/h7-8,11H,4-6H2,1-3H3,(H,10,12). The van der Waals surface area contributed by atoms with Crippen LogP contribution in [0.4, 0.5) is 0 Å². The molecule has 0 radical (unpaired) electrons. The molecule has 0 aliphatic carbocycles. The van der Waals surface area contributed by atoms with Gasteiger partial charge in [-0.2, -0.15) is 0 Å². The molecule has 0 aliphatic heterocycles. The molecule has 2 atom stereocenters. The van der Waals surface area contributed by atoms with E-state index < -0.39 is 6.10 Å². The van der Waals surface area contributed by atoms with Crippen LogP contribution in [0.2, 0.25) is 0 Å². The molecule has 0 aliphatic rings. The van der Waals surface area contributed by atoms with Crippen molar-refractivity contribution in [2.45, 2.75) is 38.9 Å². The summed E-state index contributed by atoms with van der Waals surface area (Å²) in [5.74, 6) is -0.166. The first-order valence-electron chi connectivity index (χ1n) is 4.60. The molecule has 0 rings (SSSR count). The van der Waals surface area contributed by atoms with Crippen molar-refractivity contribution in [3.63, 3.8) is 0 Å². The second kappa shape index (κ2) is 6.86. The Bertz CT molecular complexity index is 150. The number of carbonyl (C=O) groups excluding carboxylic acids is 1. The maximum atomic E-state index is 10.8. The van der Waals surface area contributed by atoms with E-state index in [0.29, 0.717) is 0 Å². The van der Waals surface area contributed by atoms with E-state index in [0.717, 1.165) is 6.42 Å². The van der Waals surface area contributed by atoms with Crippen LogP contribution in [0.25, 0.3) is 0 Å². The van der Waals surface area contributed by atoms with Gasteiger partial charge in [0.15, 0.2) is 0 Å². The zero-order valence-electron chi connectivity index (χ0n) is 8.54. The fraction of sp³-hybridized carbons (Fsp3) is 0.889. The molecule has 2 unspecified atom stereocenters. The van der Waals surface area contributed by atoms with E-state index in [1.165, 1.54) is 0 Å². The zero-order chi connectivity index (χ0) is 10.3. The highest BCUT2D eigenvalue weighted by atomic mass is 16.5. The molecule has 0 aromatic carbocycles. The molecule has 0 aromatic heterocycles. The lowest BCUT2D eigenvalue weighted by Crippen LogP contribution is -2.27. The van der Waals surface area contributed by atoms with E-state index in [1.807, 2.05) is 13.8 Å². The van der Waals surface area contributed by atoms with E-state index in [-0.39, 0.29) is 25.0 Å². The lowest BCUT2D eigenvalue weighted by molar-refractivity contribution is -0.123. The number of aliphatic hydroxyl groups is 1. The first-order chi connectivity index (χ1) is 6.10. The number of rotatable bonds is 6. The van der Waals surface area contributed by atoms with Crippen molar-refractivity contribution in [3.8, 4) is 0 Å². The normalized spacial score (nSPS) is 15.1. The van der Waals surface area contributed by atoms with Crippen LogP contribution in [0.3, 0.4) is 0 Å². The van der Waals surface area contributed by atoms with Crippen molar-refractivity contribution in [2.24, 2.45) is 0 Å². The van der Waals surface area contributed by atoms with Gasteiger partial charge in [0.1, 0.15) is 0 Å². The first-order valence-corrected chi connectivity index (χ1v) is 4.60. The van der Waals surface area contributed by atoms with E-state index >= 15 is 0 Å². The van der Waals surface area contributed by atoms with Gasteiger partial charge in [-0.15, -0.1) is 0 Å². The number of nitrogens with one attached hydrogen (secondary N) is 1. The van der Waals surface area contributed by atoms with Crippen molar-refractivity contribution < 1.29 is 14.6 Å². The summed E-state index contributed by atoms with van der Waals surface area (Å²) in [6, 6.07) is 0. The Morgan fingerprint density at radius 1 is 1.62 bits per heavy atom. The van der Waals surface area contributed by atoms with Crippen LogP contribution in [0.15, 0.2) is 0 Å². The molecular formula is C9H19NO3. The number of carbonyl (C=O) groups is 1. The number of aliphatic hydroxyl groups excluding tert-OH is 1. The SMILES string of the molecule is CCC(C)OCC(O)CC(=O)NC. The number of ether oxygens (including phenoxy) is 1. The third-order valence-corrected chi connectivity index (χ3v) is 1.85.